The fraction of sp³-hybridized carbons (Fsp3) is 0.455. The maximum atomic E-state index is 9.36. The highest BCUT2D eigenvalue weighted by Gasteiger charge is 2.02. The molecule has 1 aromatic rings. The molecule has 2 N–H and O–H groups in total. The highest BCUT2D eigenvalue weighted by Crippen LogP contribution is 2.17. The number of benzene rings is 1. The average molecular weight is 180 g/mol. The molecule has 1 unspecified atom stereocenters. The second kappa shape index (κ2) is 4.28. The Kier molecular flexibility index (Phi) is 3.32. The summed E-state index contributed by atoms with van der Waals surface area (Å²) in [5.41, 5.74) is 2.10. The van der Waals surface area contributed by atoms with Crippen LogP contribution < -0.4 is 0 Å². The average Bonchev–Trinajstić information content (AvgIpc) is 2.01. The second-order valence-corrected chi connectivity index (χ2v) is 3.41. The van der Waals surface area contributed by atoms with Gasteiger partial charge in [-0.05, 0) is 43.0 Å². The predicted octanol–water partition coefficient (Wildman–Crippen LogP) is 1.88. The Bertz CT molecular complexity index is 279. The molecule has 1 atom stereocenters. The van der Waals surface area contributed by atoms with Crippen molar-refractivity contribution < 1.29 is 10.2 Å². The van der Waals surface area contributed by atoms with Crippen molar-refractivity contribution in [1.82, 2.24) is 0 Å². The van der Waals surface area contributed by atoms with Crippen LogP contribution in [0.1, 0.15) is 25.0 Å². The zero-order valence-electron chi connectivity index (χ0n) is 8.12. The molecule has 0 aromatic heterocycles. The lowest BCUT2D eigenvalue weighted by molar-refractivity contribution is 0.195. The number of aryl methyl sites for hydroxylation is 1. The minimum absolute atomic E-state index is 0.287. The minimum Gasteiger partial charge on any atom is -0.508 e. The van der Waals surface area contributed by atoms with Crippen molar-refractivity contribution in [1.29, 1.82) is 0 Å². The number of aliphatic hydroxyl groups excluding tert-OH is 1. The van der Waals surface area contributed by atoms with Gasteiger partial charge < -0.3 is 10.2 Å². The van der Waals surface area contributed by atoms with Crippen molar-refractivity contribution in [3.63, 3.8) is 0 Å². The molecule has 0 saturated carbocycles. The standard InChI is InChI=1S/C11H16O2/c1-3-9-5-10(4-8(2)12)7-11(13)6-9/h5-8,12-13H,3-4H2,1-2H3. The Balaban J connectivity index is 2.88. The monoisotopic (exact) mass is 180 g/mol. The van der Waals surface area contributed by atoms with Gasteiger partial charge in [-0.15, -0.1) is 0 Å². The van der Waals surface area contributed by atoms with Gasteiger partial charge in [0.2, 0.25) is 0 Å². The summed E-state index contributed by atoms with van der Waals surface area (Å²) in [6.07, 6.45) is 1.15. The number of hydrogen-bond acceptors (Lipinski definition) is 2. The van der Waals surface area contributed by atoms with E-state index in [1.807, 2.05) is 13.0 Å². The first-order chi connectivity index (χ1) is 6.11. The van der Waals surface area contributed by atoms with Gasteiger partial charge in [0, 0.05) is 0 Å². The molecule has 0 aliphatic carbocycles. The van der Waals surface area contributed by atoms with Crippen molar-refractivity contribution in [2.24, 2.45) is 0 Å². The lowest BCUT2D eigenvalue weighted by Crippen LogP contribution is -2.04. The number of phenols is 1. The summed E-state index contributed by atoms with van der Waals surface area (Å²) in [4.78, 5) is 0. The number of aromatic hydroxyl groups is 1. The van der Waals surface area contributed by atoms with Crippen molar-refractivity contribution in [2.75, 3.05) is 0 Å². The van der Waals surface area contributed by atoms with Crippen molar-refractivity contribution in [3.8, 4) is 5.75 Å². The lowest BCUT2D eigenvalue weighted by Gasteiger charge is -2.07. The van der Waals surface area contributed by atoms with Gasteiger partial charge in [-0.2, -0.15) is 0 Å². The molecule has 0 amide bonds. The quantitative estimate of drug-likeness (QED) is 0.745. The molecule has 13 heavy (non-hydrogen) atoms. The van der Waals surface area contributed by atoms with E-state index in [-0.39, 0.29) is 11.9 Å². The molecule has 1 rings (SSSR count). The van der Waals surface area contributed by atoms with E-state index in [0.29, 0.717) is 6.42 Å². The van der Waals surface area contributed by atoms with Crippen LogP contribution in [0.5, 0.6) is 5.75 Å². The highest BCUT2D eigenvalue weighted by atomic mass is 16.3. The van der Waals surface area contributed by atoms with Crippen LogP contribution >= 0.6 is 0 Å². The van der Waals surface area contributed by atoms with Gasteiger partial charge in [-0.3, -0.25) is 0 Å². The van der Waals surface area contributed by atoms with Gasteiger partial charge in [-0.1, -0.05) is 13.0 Å². The van der Waals surface area contributed by atoms with Crippen LogP contribution in [0.4, 0.5) is 0 Å². The summed E-state index contributed by atoms with van der Waals surface area (Å²) in [5.74, 6) is 0.287. The molecule has 2 nitrogen and oxygen atoms in total. The second-order valence-electron chi connectivity index (χ2n) is 3.41. The largest absolute Gasteiger partial charge is 0.508 e. The third-order valence-corrected chi connectivity index (χ3v) is 1.98. The number of hydrogen-bond donors (Lipinski definition) is 2. The normalized spacial score (nSPS) is 12.8. The van der Waals surface area contributed by atoms with E-state index < -0.39 is 0 Å². The molecule has 0 fully saturated rings. The maximum Gasteiger partial charge on any atom is 0.116 e. The predicted molar refractivity (Wildman–Crippen MR) is 52.9 cm³/mol. The van der Waals surface area contributed by atoms with Crippen LogP contribution in [0.2, 0.25) is 0 Å². The van der Waals surface area contributed by atoms with Crippen LogP contribution in [0.3, 0.4) is 0 Å². The first-order valence-electron chi connectivity index (χ1n) is 4.61. The fourth-order valence-corrected chi connectivity index (χ4v) is 1.41. The van der Waals surface area contributed by atoms with E-state index in [1.165, 1.54) is 0 Å². The van der Waals surface area contributed by atoms with Gasteiger partial charge in [-0.25, -0.2) is 0 Å². The summed E-state index contributed by atoms with van der Waals surface area (Å²) >= 11 is 0. The first-order valence-corrected chi connectivity index (χ1v) is 4.61. The molecule has 0 heterocycles. The minimum atomic E-state index is -0.355. The zero-order valence-corrected chi connectivity index (χ0v) is 8.12. The molecule has 0 spiro atoms. The Morgan fingerprint density at radius 2 is 1.85 bits per heavy atom. The number of aliphatic hydroxyl groups is 1. The zero-order chi connectivity index (χ0) is 9.84. The van der Waals surface area contributed by atoms with Crippen LogP contribution in [0.15, 0.2) is 18.2 Å². The molecular formula is C11H16O2. The van der Waals surface area contributed by atoms with Crippen molar-refractivity contribution in [3.05, 3.63) is 29.3 Å². The van der Waals surface area contributed by atoms with Gasteiger partial charge in [0.15, 0.2) is 0 Å². The van der Waals surface area contributed by atoms with E-state index in [0.717, 1.165) is 17.5 Å². The molecular weight excluding hydrogens is 164 g/mol. The smallest absolute Gasteiger partial charge is 0.116 e. The Morgan fingerprint density at radius 1 is 1.23 bits per heavy atom. The lowest BCUT2D eigenvalue weighted by atomic mass is 10.0. The SMILES string of the molecule is CCc1cc(O)cc(CC(C)O)c1. The summed E-state index contributed by atoms with van der Waals surface area (Å²) in [7, 11) is 0. The molecule has 0 aliphatic heterocycles. The van der Waals surface area contributed by atoms with Gasteiger partial charge in [0.05, 0.1) is 6.10 Å². The molecule has 1 aromatic carbocycles. The van der Waals surface area contributed by atoms with E-state index in [1.54, 1.807) is 19.1 Å². The fourth-order valence-electron chi connectivity index (χ4n) is 1.41. The first kappa shape index (κ1) is 10.1. The van der Waals surface area contributed by atoms with E-state index >= 15 is 0 Å². The molecule has 0 bridgehead atoms. The molecule has 0 radical (unpaired) electrons. The summed E-state index contributed by atoms with van der Waals surface area (Å²) < 4.78 is 0. The van der Waals surface area contributed by atoms with Crippen LogP contribution in [-0.2, 0) is 12.8 Å². The molecule has 0 aliphatic rings. The number of rotatable bonds is 3. The van der Waals surface area contributed by atoms with Crippen molar-refractivity contribution in [2.45, 2.75) is 32.8 Å². The Morgan fingerprint density at radius 3 is 2.38 bits per heavy atom. The van der Waals surface area contributed by atoms with Crippen LogP contribution in [-0.4, -0.2) is 16.3 Å². The van der Waals surface area contributed by atoms with Crippen LogP contribution in [0.25, 0.3) is 0 Å². The third kappa shape index (κ3) is 3.07. The van der Waals surface area contributed by atoms with E-state index in [2.05, 4.69) is 0 Å². The third-order valence-electron chi connectivity index (χ3n) is 1.98. The Labute approximate surface area is 78.8 Å². The molecule has 2 heteroatoms. The summed E-state index contributed by atoms with van der Waals surface area (Å²) in [6.45, 7) is 3.79. The van der Waals surface area contributed by atoms with Gasteiger partial charge in [0.25, 0.3) is 0 Å². The number of phenolic OH excluding ortho intramolecular Hbond substituents is 1. The van der Waals surface area contributed by atoms with Gasteiger partial charge >= 0.3 is 0 Å². The molecule has 72 valence electrons. The summed E-state index contributed by atoms with van der Waals surface area (Å²) in [5, 5.41) is 18.5. The summed E-state index contributed by atoms with van der Waals surface area (Å²) in [6, 6.07) is 5.48. The highest BCUT2D eigenvalue weighted by molar-refractivity contribution is 5.33. The van der Waals surface area contributed by atoms with E-state index in [4.69, 9.17) is 0 Å². The molecule has 0 saturated heterocycles. The van der Waals surface area contributed by atoms with Gasteiger partial charge in [0.1, 0.15) is 5.75 Å². The topological polar surface area (TPSA) is 40.5 Å². The van der Waals surface area contributed by atoms with Crippen LogP contribution in [0, 0.1) is 0 Å². The van der Waals surface area contributed by atoms with E-state index in [9.17, 15) is 10.2 Å². The maximum absolute atomic E-state index is 9.36. The van der Waals surface area contributed by atoms with Crippen molar-refractivity contribution >= 4 is 0 Å². The Hall–Kier alpha value is -1.02.